The van der Waals surface area contributed by atoms with E-state index in [2.05, 4.69) is 21.8 Å². The average molecular weight is 500 g/mol. The molecule has 1 aromatic heterocycles. The number of nitrogens with one attached hydrogen (secondary N) is 1. The van der Waals surface area contributed by atoms with Gasteiger partial charge in [0, 0.05) is 35.5 Å². The lowest BCUT2D eigenvalue weighted by atomic mass is 10.1. The average Bonchev–Trinajstić information content (AvgIpc) is 3.20. The van der Waals surface area contributed by atoms with Gasteiger partial charge in [0.25, 0.3) is 0 Å². The zero-order chi connectivity index (χ0) is 24.3. The molecule has 2 aromatic carbocycles. The van der Waals surface area contributed by atoms with Gasteiger partial charge in [-0.25, -0.2) is 9.78 Å². The summed E-state index contributed by atoms with van der Waals surface area (Å²) in [4.78, 5) is 28.7. The highest BCUT2D eigenvalue weighted by molar-refractivity contribution is 7.99. The van der Waals surface area contributed by atoms with Gasteiger partial charge in [0.1, 0.15) is 6.04 Å². The van der Waals surface area contributed by atoms with Crippen molar-refractivity contribution in [3.8, 4) is 0 Å². The van der Waals surface area contributed by atoms with Gasteiger partial charge in [-0.05, 0) is 36.5 Å². The lowest BCUT2D eigenvalue weighted by Crippen LogP contribution is -2.42. The molecule has 1 heterocycles. The standard InChI is InChI=1S/C26H30ClN3O3S/c1-2-15-34-26-28-17-21(30(26)18-20-11-6-7-13-22(20)27)12-8-14-24(31)29-23(25(32)33)16-19-9-4-3-5-10-19/h3-7,9-11,13,17,23H,2,8,12,14-16,18H2,1H3,(H,29,31)(H,32,33)/t23-/m0/s1. The van der Waals surface area contributed by atoms with Crippen LogP contribution in [0.2, 0.25) is 5.02 Å². The Morgan fingerprint density at radius 2 is 1.88 bits per heavy atom. The van der Waals surface area contributed by atoms with Gasteiger partial charge in [-0.1, -0.05) is 78.8 Å². The van der Waals surface area contributed by atoms with Crippen LogP contribution in [0.3, 0.4) is 0 Å². The Hall–Kier alpha value is -2.77. The van der Waals surface area contributed by atoms with Crippen LogP contribution >= 0.6 is 23.4 Å². The number of imidazole rings is 1. The zero-order valence-electron chi connectivity index (χ0n) is 19.2. The van der Waals surface area contributed by atoms with E-state index in [0.29, 0.717) is 24.4 Å². The van der Waals surface area contributed by atoms with E-state index in [1.165, 1.54) is 0 Å². The van der Waals surface area contributed by atoms with Crippen LogP contribution in [0.15, 0.2) is 66.0 Å². The minimum absolute atomic E-state index is 0.243. The van der Waals surface area contributed by atoms with E-state index in [-0.39, 0.29) is 18.7 Å². The number of hydrogen-bond acceptors (Lipinski definition) is 4. The smallest absolute Gasteiger partial charge is 0.326 e. The number of nitrogens with zero attached hydrogens (tertiary/aromatic N) is 2. The van der Waals surface area contributed by atoms with Gasteiger partial charge in [0.05, 0.1) is 6.54 Å². The van der Waals surface area contributed by atoms with Crippen molar-refractivity contribution in [3.05, 3.63) is 82.6 Å². The highest BCUT2D eigenvalue weighted by Gasteiger charge is 2.20. The largest absolute Gasteiger partial charge is 0.480 e. The number of rotatable bonds is 13. The molecule has 0 spiro atoms. The van der Waals surface area contributed by atoms with Crippen molar-refractivity contribution in [3.63, 3.8) is 0 Å². The fourth-order valence-corrected chi connectivity index (χ4v) is 4.66. The van der Waals surface area contributed by atoms with Crippen LogP contribution in [0.5, 0.6) is 0 Å². The number of hydrogen-bond donors (Lipinski definition) is 2. The summed E-state index contributed by atoms with van der Waals surface area (Å²) in [5.41, 5.74) is 2.92. The summed E-state index contributed by atoms with van der Waals surface area (Å²) in [7, 11) is 0. The van der Waals surface area contributed by atoms with Gasteiger partial charge in [-0.15, -0.1) is 0 Å². The summed E-state index contributed by atoms with van der Waals surface area (Å²) >= 11 is 8.10. The fourth-order valence-electron chi connectivity index (χ4n) is 3.61. The van der Waals surface area contributed by atoms with Gasteiger partial charge in [0.15, 0.2) is 5.16 Å². The maximum absolute atomic E-state index is 12.5. The molecule has 0 saturated heterocycles. The summed E-state index contributed by atoms with van der Waals surface area (Å²) in [5, 5.41) is 13.8. The van der Waals surface area contributed by atoms with Crippen LogP contribution in [0.25, 0.3) is 0 Å². The highest BCUT2D eigenvalue weighted by atomic mass is 35.5. The normalized spacial score (nSPS) is 11.8. The second-order valence-electron chi connectivity index (χ2n) is 8.06. The number of carbonyl (C=O) groups is 2. The van der Waals surface area contributed by atoms with E-state index < -0.39 is 12.0 Å². The lowest BCUT2D eigenvalue weighted by molar-refractivity contribution is -0.141. The molecule has 0 aliphatic carbocycles. The van der Waals surface area contributed by atoms with Crippen LogP contribution in [0.1, 0.15) is 43.0 Å². The predicted molar refractivity (Wildman–Crippen MR) is 136 cm³/mol. The number of thioether (sulfide) groups is 1. The molecule has 3 rings (SSSR count). The molecule has 2 N–H and O–H groups in total. The first kappa shape index (κ1) is 25.8. The third-order valence-electron chi connectivity index (χ3n) is 5.38. The van der Waals surface area contributed by atoms with Crippen LogP contribution in [-0.4, -0.2) is 38.3 Å². The molecule has 0 radical (unpaired) electrons. The van der Waals surface area contributed by atoms with Crippen LogP contribution in [0, 0.1) is 0 Å². The van der Waals surface area contributed by atoms with E-state index in [1.807, 2.05) is 60.8 Å². The van der Waals surface area contributed by atoms with E-state index in [0.717, 1.165) is 34.2 Å². The van der Waals surface area contributed by atoms with Gasteiger partial charge in [0.2, 0.25) is 5.91 Å². The Bertz CT molecular complexity index is 1090. The third kappa shape index (κ3) is 7.64. The molecule has 1 atom stereocenters. The molecule has 8 heteroatoms. The number of carbonyl (C=O) groups excluding carboxylic acids is 1. The number of aryl methyl sites for hydroxylation is 1. The molecule has 3 aromatic rings. The van der Waals surface area contributed by atoms with Gasteiger partial charge >= 0.3 is 5.97 Å². The van der Waals surface area contributed by atoms with Gasteiger partial charge in [-0.2, -0.15) is 0 Å². The van der Waals surface area contributed by atoms with E-state index in [4.69, 9.17) is 11.6 Å². The summed E-state index contributed by atoms with van der Waals surface area (Å²) in [5.74, 6) is -0.326. The second-order valence-corrected chi connectivity index (χ2v) is 9.53. The molecule has 34 heavy (non-hydrogen) atoms. The number of aliphatic carboxylic acids is 1. The molecule has 0 saturated carbocycles. The van der Waals surface area contributed by atoms with Crippen LogP contribution < -0.4 is 5.32 Å². The Kier molecular flexibility index (Phi) is 10.0. The molecule has 0 aliphatic rings. The van der Waals surface area contributed by atoms with E-state index in [1.54, 1.807) is 11.8 Å². The lowest BCUT2D eigenvalue weighted by Gasteiger charge is -2.15. The molecule has 0 aliphatic heterocycles. The highest BCUT2D eigenvalue weighted by Crippen LogP contribution is 2.24. The minimum atomic E-state index is -1.03. The van der Waals surface area contributed by atoms with Gasteiger partial charge in [-0.3, -0.25) is 4.79 Å². The van der Waals surface area contributed by atoms with Crippen molar-refractivity contribution >= 4 is 35.2 Å². The Morgan fingerprint density at radius 3 is 2.59 bits per heavy atom. The van der Waals surface area contributed by atoms with Crippen molar-refractivity contribution in [1.29, 1.82) is 0 Å². The third-order valence-corrected chi connectivity index (χ3v) is 6.94. The first-order valence-electron chi connectivity index (χ1n) is 11.4. The first-order chi connectivity index (χ1) is 16.5. The molecular formula is C26H30ClN3O3S. The molecule has 1 amide bonds. The summed E-state index contributed by atoms with van der Waals surface area (Å²) in [6, 6.07) is 16.1. The number of carboxylic acid groups (broad SMARTS) is 1. The summed E-state index contributed by atoms with van der Waals surface area (Å²) in [6.07, 6.45) is 4.66. The maximum Gasteiger partial charge on any atom is 0.326 e. The minimum Gasteiger partial charge on any atom is -0.480 e. The fraction of sp³-hybridized carbons (Fsp3) is 0.346. The number of carboxylic acids is 1. The monoisotopic (exact) mass is 499 g/mol. The predicted octanol–water partition coefficient (Wildman–Crippen LogP) is 5.22. The number of benzene rings is 2. The number of aromatic nitrogens is 2. The molecular weight excluding hydrogens is 470 g/mol. The van der Waals surface area contributed by atoms with E-state index >= 15 is 0 Å². The Morgan fingerprint density at radius 1 is 1.15 bits per heavy atom. The van der Waals surface area contributed by atoms with Gasteiger partial charge < -0.3 is 15.0 Å². The maximum atomic E-state index is 12.5. The van der Waals surface area contributed by atoms with Crippen molar-refractivity contribution in [2.24, 2.45) is 0 Å². The van der Waals surface area contributed by atoms with Crippen molar-refractivity contribution in [2.45, 2.75) is 56.8 Å². The summed E-state index contributed by atoms with van der Waals surface area (Å²) in [6.45, 7) is 2.75. The van der Waals surface area contributed by atoms with Crippen molar-refractivity contribution in [1.82, 2.24) is 14.9 Å². The molecule has 0 bridgehead atoms. The zero-order valence-corrected chi connectivity index (χ0v) is 20.8. The van der Waals surface area contributed by atoms with Crippen LogP contribution in [0.4, 0.5) is 0 Å². The Labute approximate surface area is 209 Å². The topological polar surface area (TPSA) is 84.2 Å². The van der Waals surface area contributed by atoms with Crippen LogP contribution in [-0.2, 0) is 29.0 Å². The second kappa shape index (κ2) is 13.2. The van der Waals surface area contributed by atoms with E-state index in [9.17, 15) is 14.7 Å². The Balaban J connectivity index is 1.60. The number of amides is 1. The first-order valence-corrected chi connectivity index (χ1v) is 12.8. The molecule has 0 unspecified atom stereocenters. The quantitative estimate of drug-likeness (QED) is 0.315. The SMILES string of the molecule is CCCSc1ncc(CCCC(=O)N[C@@H](Cc2ccccc2)C(=O)O)n1Cc1ccccc1Cl. The molecule has 6 nitrogen and oxygen atoms in total. The summed E-state index contributed by atoms with van der Waals surface area (Å²) < 4.78 is 2.16. The van der Waals surface area contributed by atoms with Crippen molar-refractivity contribution in [2.75, 3.05) is 5.75 Å². The number of halogens is 1. The van der Waals surface area contributed by atoms with Crippen molar-refractivity contribution < 1.29 is 14.7 Å². The molecule has 180 valence electrons. The molecule has 0 fully saturated rings.